The van der Waals surface area contributed by atoms with Crippen LogP contribution < -0.4 is 11.1 Å². The van der Waals surface area contributed by atoms with Crippen molar-refractivity contribution in [2.75, 3.05) is 5.32 Å². The minimum atomic E-state index is -4.33. The predicted molar refractivity (Wildman–Crippen MR) is 85.9 cm³/mol. The standard InChI is InChI=1S/C14H14F3N3OS.ClH/c1-8(18)12(21)20-13-19-7-11(22-13)6-9-2-4-10(5-3-9)14(15,16)17;/h2-5,7-8H,6,18H2,1H3,(H,19,20,21);1H/t8-;/m1./s1. The number of aromatic nitrogens is 1. The van der Waals surface area contributed by atoms with E-state index in [1.807, 2.05) is 0 Å². The van der Waals surface area contributed by atoms with Crippen molar-refractivity contribution in [3.05, 3.63) is 46.5 Å². The highest BCUT2D eigenvalue weighted by molar-refractivity contribution is 7.15. The van der Waals surface area contributed by atoms with Crippen LogP contribution in [-0.4, -0.2) is 16.9 Å². The van der Waals surface area contributed by atoms with Gasteiger partial charge in [-0.15, -0.1) is 23.7 Å². The molecule has 126 valence electrons. The molecule has 0 saturated carbocycles. The molecule has 1 heterocycles. The highest BCUT2D eigenvalue weighted by atomic mass is 35.5. The van der Waals surface area contributed by atoms with Gasteiger partial charge in [0.25, 0.3) is 0 Å². The number of anilines is 1. The number of carbonyl (C=O) groups is 1. The van der Waals surface area contributed by atoms with Crippen molar-refractivity contribution in [3.63, 3.8) is 0 Å². The van der Waals surface area contributed by atoms with Crippen molar-refractivity contribution in [1.82, 2.24) is 4.98 Å². The molecule has 0 aliphatic carbocycles. The summed E-state index contributed by atoms with van der Waals surface area (Å²) in [5.41, 5.74) is 5.50. The molecule has 0 saturated heterocycles. The largest absolute Gasteiger partial charge is 0.416 e. The van der Waals surface area contributed by atoms with Crippen molar-refractivity contribution < 1.29 is 18.0 Å². The fourth-order valence-corrected chi connectivity index (χ4v) is 2.53. The molecule has 1 atom stereocenters. The molecule has 0 unspecified atom stereocenters. The van der Waals surface area contributed by atoms with Crippen LogP contribution in [0.4, 0.5) is 18.3 Å². The van der Waals surface area contributed by atoms with E-state index in [9.17, 15) is 18.0 Å². The number of nitrogens with two attached hydrogens (primary N) is 1. The Morgan fingerprint density at radius 1 is 1.35 bits per heavy atom. The Morgan fingerprint density at radius 2 is 1.96 bits per heavy atom. The van der Waals surface area contributed by atoms with Crippen LogP contribution in [0.5, 0.6) is 0 Å². The molecule has 1 aromatic carbocycles. The number of hydrogen-bond acceptors (Lipinski definition) is 4. The van der Waals surface area contributed by atoms with Gasteiger partial charge in [-0.25, -0.2) is 4.98 Å². The van der Waals surface area contributed by atoms with Gasteiger partial charge in [0.1, 0.15) is 0 Å². The first-order chi connectivity index (χ1) is 10.3. The summed E-state index contributed by atoms with van der Waals surface area (Å²) in [6.07, 6.45) is -2.30. The van der Waals surface area contributed by atoms with Gasteiger partial charge in [-0.2, -0.15) is 13.2 Å². The third-order valence-corrected chi connectivity index (χ3v) is 3.77. The Bertz CT molecular complexity index is 656. The van der Waals surface area contributed by atoms with Gasteiger partial charge in [0.05, 0.1) is 11.6 Å². The number of carbonyl (C=O) groups excluding carboxylic acids is 1. The fraction of sp³-hybridized carbons (Fsp3) is 0.286. The van der Waals surface area contributed by atoms with Crippen LogP contribution in [0, 0.1) is 0 Å². The average molecular weight is 366 g/mol. The molecule has 0 fully saturated rings. The molecule has 1 aromatic heterocycles. The lowest BCUT2D eigenvalue weighted by molar-refractivity contribution is -0.137. The molecule has 1 amide bonds. The minimum absolute atomic E-state index is 0. The number of halogens is 4. The van der Waals surface area contributed by atoms with E-state index in [2.05, 4.69) is 10.3 Å². The predicted octanol–water partition coefficient (Wildman–Crippen LogP) is 3.46. The quantitative estimate of drug-likeness (QED) is 0.871. The number of rotatable bonds is 4. The second-order valence-corrected chi connectivity index (χ2v) is 5.90. The summed E-state index contributed by atoms with van der Waals surface area (Å²) in [5.74, 6) is -0.338. The van der Waals surface area contributed by atoms with E-state index >= 15 is 0 Å². The summed E-state index contributed by atoms with van der Waals surface area (Å²) in [4.78, 5) is 16.3. The lowest BCUT2D eigenvalue weighted by atomic mass is 10.1. The molecule has 0 aliphatic rings. The first kappa shape index (κ1) is 19.4. The topological polar surface area (TPSA) is 68.0 Å². The fourth-order valence-electron chi connectivity index (χ4n) is 1.68. The lowest BCUT2D eigenvalue weighted by Crippen LogP contribution is -2.32. The summed E-state index contributed by atoms with van der Waals surface area (Å²) in [6, 6.07) is 4.33. The summed E-state index contributed by atoms with van der Waals surface area (Å²) in [6.45, 7) is 1.56. The number of benzene rings is 1. The van der Waals surface area contributed by atoms with Crippen molar-refractivity contribution >= 4 is 34.8 Å². The van der Waals surface area contributed by atoms with Gasteiger partial charge in [0, 0.05) is 17.5 Å². The van der Waals surface area contributed by atoms with Crippen LogP contribution in [0.15, 0.2) is 30.5 Å². The Labute approximate surface area is 141 Å². The van der Waals surface area contributed by atoms with E-state index in [-0.39, 0.29) is 18.3 Å². The van der Waals surface area contributed by atoms with Crippen LogP contribution in [0.1, 0.15) is 22.9 Å². The van der Waals surface area contributed by atoms with E-state index in [1.165, 1.54) is 23.5 Å². The molecule has 0 bridgehead atoms. The molecule has 0 aliphatic heterocycles. The molecule has 4 nitrogen and oxygen atoms in total. The van der Waals surface area contributed by atoms with Crippen LogP contribution in [-0.2, 0) is 17.4 Å². The Morgan fingerprint density at radius 3 is 2.48 bits per heavy atom. The number of alkyl halides is 3. The molecule has 23 heavy (non-hydrogen) atoms. The van der Waals surface area contributed by atoms with Gasteiger partial charge in [0.2, 0.25) is 5.91 Å². The number of amides is 1. The maximum Gasteiger partial charge on any atom is 0.416 e. The normalized spacial score (nSPS) is 12.4. The second-order valence-electron chi connectivity index (χ2n) is 4.78. The minimum Gasteiger partial charge on any atom is -0.320 e. The molecule has 0 spiro atoms. The monoisotopic (exact) mass is 365 g/mol. The Balaban J connectivity index is 0.00000264. The highest BCUT2D eigenvalue weighted by Gasteiger charge is 2.29. The van der Waals surface area contributed by atoms with Crippen LogP contribution >= 0.6 is 23.7 Å². The van der Waals surface area contributed by atoms with E-state index < -0.39 is 17.8 Å². The van der Waals surface area contributed by atoms with Crippen molar-refractivity contribution in [2.24, 2.45) is 5.73 Å². The molecule has 3 N–H and O–H groups in total. The van der Waals surface area contributed by atoms with Gasteiger partial charge in [0.15, 0.2) is 5.13 Å². The Kier molecular flexibility index (Phi) is 6.55. The molecular formula is C14H15ClF3N3OS. The van der Waals surface area contributed by atoms with Gasteiger partial charge in [-0.3, -0.25) is 4.79 Å². The number of hydrogen-bond donors (Lipinski definition) is 2. The maximum absolute atomic E-state index is 12.5. The molecule has 2 aromatic rings. The van der Waals surface area contributed by atoms with Crippen molar-refractivity contribution in [1.29, 1.82) is 0 Å². The summed E-state index contributed by atoms with van der Waals surface area (Å²) in [7, 11) is 0. The molecule has 0 radical (unpaired) electrons. The van der Waals surface area contributed by atoms with E-state index in [4.69, 9.17) is 5.73 Å². The summed E-state index contributed by atoms with van der Waals surface area (Å²) in [5, 5.41) is 2.99. The average Bonchev–Trinajstić information content (AvgIpc) is 2.85. The zero-order chi connectivity index (χ0) is 16.3. The zero-order valence-corrected chi connectivity index (χ0v) is 13.7. The first-order valence-corrected chi connectivity index (χ1v) is 7.24. The third-order valence-electron chi connectivity index (χ3n) is 2.86. The van der Waals surface area contributed by atoms with E-state index in [0.717, 1.165) is 22.6 Å². The van der Waals surface area contributed by atoms with Crippen LogP contribution in [0.25, 0.3) is 0 Å². The van der Waals surface area contributed by atoms with Crippen molar-refractivity contribution in [2.45, 2.75) is 25.6 Å². The van der Waals surface area contributed by atoms with Crippen LogP contribution in [0.2, 0.25) is 0 Å². The van der Waals surface area contributed by atoms with Gasteiger partial charge >= 0.3 is 6.18 Å². The highest BCUT2D eigenvalue weighted by Crippen LogP contribution is 2.29. The van der Waals surface area contributed by atoms with Crippen molar-refractivity contribution in [3.8, 4) is 0 Å². The second kappa shape index (κ2) is 7.76. The summed E-state index contributed by atoms with van der Waals surface area (Å²) < 4.78 is 37.4. The number of nitrogens with zero attached hydrogens (tertiary/aromatic N) is 1. The zero-order valence-electron chi connectivity index (χ0n) is 12.1. The SMILES string of the molecule is C[C@@H](N)C(=O)Nc1ncc(Cc2ccc(C(F)(F)F)cc2)s1.Cl. The van der Waals surface area contributed by atoms with E-state index in [0.29, 0.717) is 11.6 Å². The summed E-state index contributed by atoms with van der Waals surface area (Å²) >= 11 is 1.26. The Hall–Kier alpha value is -1.64. The third kappa shape index (κ3) is 5.49. The van der Waals surface area contributed by atoms with E-state index in [1.54, 1.807) is 13.1 Å². The van der Waals surface area contributed by atoms with Crippen LogP contribution in [0.3, 0.4) is 0 Å². The smallest absolute Gasteiger partial charge is 0.320 e. The number of nitrogens with one attached hydrogen (secondary N) is 1. The first-order valence-electron chi connectivity index (χ1n) is 6.43. The molecular weight excluding hydrogens is 351 g/mol. The molecule has 2 rings (SSSR count). The van der Waals surface area contributed by atoms with Gasteiger partial charge in [-0.05, 0) is 24.6 Å². The van der Waals surface area contributed by atoms with Gasteiger partial charge < -0.3 is 11.1 Å². The number of thiazole rings is 1. The lowest BCUT2D eigenvalue weighted by Gasteiger charge is -2.07. The van der Waals surface area contributed by atoms with Gasteiger partial charge in [-0.1, -0.05) is 12.1 Å². The maximum atomic E-state index is 12.5. The molecule has 9 heteroatoms.